The molecule has 0 bridgehead atoms. The van der Waals surface area contributed by atoms with Crippen LogP contribution in [-0.4, -0.2) is 56.6 Å². The third-order valence-corrected chi connectivity index (χ3v) is 4.44. The molecule has 1 amide bonds. The first kappa shape index (κ1) is 16.9. The van der Waals surface area contributed by atoms with Gasteiger partial charge in [-0.3, -0.25) is 9.48 Å². The lowest BCUT2D eigenvalue weighted by Gasteiger charge is -2.36. The molecule has 3 rings (SSSR count). The minimum absolute atomic E-state index is 0.0128. The van der Waals surface area contributed by atoms with Crippen molar-refractivity contribution >= 4 is 11.9 Å². The van der Waals surface area contributed by atoms with E-state index in [9.17, 15) is 14.7 Å². The molecule has 1 aromatic heterocycles. The average molecular weight is 344 g/mol. The van der Waals surface area contributed by atoms with E-state index in [1.807, 2.05) is 0 Å². The maximum atomic E-state index is 13.1. The molecule has 1 aliphatic rings. The normalized spacial score (nSPS) is 17.3. The molecule has 1 N–H and O–H groups in total. The van der Waals surface area contributed by atoms with E-state index in [-0.39, 0.29) is 28.8 Å². The molecule has 1 aliphatic heterocycles. The van der Waals surface area contributed by atoms with Crippen LogP contribution in [0, 0.1) is 0 Å². The zero-order chi connectivity index (χ0) is 17.8. The van der Waals surface area contributed by atoms with Gasteiger partial charge >= 0.3 is 5.97 Å². The first-order valence-electron chi connectivity index (χ1n) is 8.17. The van der Waals surface area contributed by atoms with Crippen molar-refractivity contribution in [2.75, 3.05) is 13.7 Å². The van der Waals surface area contributed by atoms with Gasteiger partial charge in [0.2, 0.25) is 0 Å². The fourth-order valence-electron chi connectivity index (χ4n) is 3.25. The van der Waals surface area contributed by atoms with Gasteiger partial charge in [-0.05, 0) is 31.4 Å². The Hall–Kier alpha value is -2.90. The molecule has 8 heteroatoms. The van der Waals surface area contributed by atoms with E-state index >= 15 is 0 Å². The van der Waals surface area contributed by atoms with Crippen LogP contribution in [0.1, 0.15) is 40.0 Å². The molecule has 0 aliphatic carbocycles. The molecule has 0 radical (unpaired) electrons. The number of methoxy groups -OCH3 is 1. The van der Waals surface area contributed by atoms with E-state index < -0.39 is 5.97 Å². The Balaban J connectivity index is 1.90. The van der Waals surface area contributed by atoms with Crippen LogP contribution in [0.15, 0.2) is 30.6 Å². The lowest BCUT2D eigenvalue weighted by atomic mass is 9.99. The summed E-state index contributed by atoms with van der Waals surface area (Å²) >= 11 is 0. The minimum atomic E-state index is -1.12. The summed E-state index contributed by atoms with van der Waals surface area (Å²) in [5.74, 6) is -1.24. The molecule has 132 valence electrons. The Bertz CT molecular complexity index is 760. The predicted octanol–water partition coefficient (Wildman–Crippen LogP) is 1.68. The number of carboxylic acids is 1. The Morgan fingerprint density at radius 3 is 2.80 bits per heavy atom. The number of carbonyl (C=O) groups is 2. The van der Waals surface area contributed by atoms with Gasteiger partial charge in [0.15, 0.2) is 0 Å². The number of likely N-dealkylation sites (tertiary alicyclic amines) is 1. The van der Waals surface area contributed by atoms with Gasteiger partial charge in [-0.2, -0.15) is 0 Å². The van der Waals surface area contributed by atoms with Gasteiger partial charge in [-0.1, -0.05) is 11.3 Å². The molecule has 1 saturated heterocycles. The predicted molar refractivity (Wildman–Crippen MR) is 88.7 cm³/mol. The number of ether oxygens (including phenoxy) is 1. The van der Waals surface area contributed by atoms with Crippen molar-refractivity contribution in [3.8, 4) is 5.75 Å². The molecule has 1 aromatic carbocycles. The summed E-state index contributed by atoms with van der Waals surface area (Å²) in [5.41, 5.74) is 0.256. The van der Waals surface area contributed by atoms with Crippen LogP contribution in [0.5, 0.6) is 5.75 Å². The van der Waals surface area contributed by atoms with Crippen LogP contribution in [0.2, 0.25) is 0 Å². The second-order valence-corrected chi connectivity index (χ2v) is 5.96. The van der Waals surface area contributed by atoms with Crippen molar-refractivity contribution in [3.05, 3.63) is 41.7 Å². The monoisotopic (exact) mass is 344 g/mol. The SMILES string of the molecule is COc1c(C(=O)O)cccc1C(=O)N1CCCCC1Cn1ccnn1. The average Bonchev–Trinajstić information content (AvgIpc) is 3.14. The number of benzene rings is 1. The molecule has 0 saturated carbocycles. The third kappa shape index (κ3) is 3.47. The van der Waals surface area contributed by atoms with E-state index in [4.69, 9.17) is 4.74 Å². The first-order valence-corrected chi connectivity index (χ1v) is 8.17. The van der Waals surface area contributed by atoms with Crippen LogP contribution in [0.25, 0.3) is 0 Å². The Labute approximate surface area is 145 Å². The van der Waals surface area contributed by atoms with E-state index in [2.05, 4.69) is 10.3 Å². The van der Waals surface area contributed by atoms with Crippen molar-refractivity contribution in [1.29, 1.82) is 0 Å². The molecular weight excluding hydrogens is 324 g/mol. The van der Waals surface area contributed by atoms with E-state index in [0.29, 0.717) is 13.1 Å². The summed E-state index contributed by atoms with van der Waals surface area (Å²) in [6.07, 6.45) is 6.19. The lowest BCUT2D eigenvalue weighted by Crippen LogP contribution is -2.46. The van der Waals surface area contributed by atoms with Crippen LogP contribution >= 0.6 is 0 Å². The van der Waals surface area contributed by atoms with E-state index in [1.54, 1.807) is 34.1 Å². The van der Waals surface area contributed by atoms with Crippen molar-refractivity contribution in [3.63, 3.8) is 0 Å². The largest absolute Gasteiger partial charge is 0.495 e. The van der Waals surface area contributed by atoms with Gasteiger partial charge in [0.25, 0.3) is 5.91 Å². The quantitative estimate of drug-likeness (QED) is 0.886. The highest BCUT2D eigenvalue weighted by Crippen LogP contribution is 2.28. The summed E-state index contributed by atoms with van der Waals surface area (Å²) in [6.45, 7) is 1.19. The third-order valence-electron chi connectivity index (χ3n) is 4.44. The highest BCUT2D eigenvalue weighted by Gasteiger charge is 2.30. The summed E-state index contributed by atoms with van der Waals surface area (Å²) < 4.78 is 6.94. The fraction of sp³-hybridized carbons (Fsp3) is 0.412. The minimum Gasteiger partial charge on any atom is -0.495 e. The highest BCUT2D eigenvalue weighted by atomic mass is 16.5. The summed E-state index contributed by atoms with van der Waals surface area (Å²) in [7, 11) is 1.38. The fourth-order valence-corrected chi connectivity index (χ4v) is 3.25. The number of carbonyl (C=O) groups excluding carboxylic acids is 1. The maximum absolute atomic E-state index is 13.1. The summed E-state index contributed by atoms with van der Waals surface area (Å²) in [5, 5.41) is 17.1. The first-order chi connectivity index (χ1) is 12.1. The van der Waals surface area contributed by atoms with Gasteiger partial charge in [0, 0.05) is 12.7 Å². The Kier molecular flexibility index (Phi) is 4.97. The van der Waals surface area contributed by atoms with Gasteiger partial charge < -0.3 is 14.7 Å². The zero-order valence-corrected chi connectivity index (χ0v) is 14.0. The number of hydrogen-bond donors (Lipinski definition) is 1. The van der Waals surface area contributed by atoms with Crippen molar-refractivity contribution < 1.29 is 19.4 Å². The van der Waals surface area contributed by atoms with Crippen LogP contribution < -0.4 is 4.74 Å². The van der Waals surface area contributed by atoms with Crippen LogP contribution in [0.3, 0.4) is 0 Å². The maximum Gasteiger partial charge on any atom is 0.339 e. The number of carboxylic acid groups (broad SMARTS) is 1. The van der Waals surface area contributed by atoms with Crippen LogP contribution in [0.4, 0.5) is 0 Å². The molecule has 0 spiro atoms. The molecule has 2 heterocycles. The summed E-state index contributed by atoms with van der Waals surface area (Å²) in [6, 6.07) is 4.59. The molecular formula is C17H20N4O4. The number of aromatic carboxylic acids is 1. The number of hydrogen-bond acceptors (Lipinski definition) is 5. The molecule has 2 aromatic rings. The number of nitrogens with zero attached hydrogens (tertiary/aromatic N) is 4. The van der Waals surface area contributed by atoms with Crippen LogP contribution in [-0.2, 0) is 6.54 Å². The number of para-hydroxylation sites is 1. The van der Waals surface area contributed by atoms with Gasteiger partial charge in [0.1, 0.15) is 11.3 Å². The smallest absolute Gasteiger partial charge is 0.339 e. The van der Waals surface area contributed by atoms with Gasteiger partial charge in [-0.25, -0.2) is 4.79 Å². The van der Waals surface area contributed by atoms with E-state index in [1.165, 1.54) is 13.2 Å². The van der Waals surface area contributed by atoms with Crippen molar-refractivity contribution in [2.24, 2.45) is 0 Å². The molecule has 25 heavy (non-hydrogen) atoms. The second kappa shape index (κ2) is 7.33. The summed E-state index contributed by atoms with van der Waals surface area (Å²) in [4.78, 5) is 26.3. The Morgan fingerprint density at radius 1 is 1.32 bits per heavy atom. The number of rotatable bonds is 5. The van der Waals surface area contributed by atoms with Gasteiger partial charge in [-0.15, -0.1) is 5.10 Å². The molecule has 8 nitrogen and oxygen atoms in total. The number of amides is 1. The molecule has 1 atom stereocenters. The standard InChI is InChI=1S/C17H20N4O4/c1-25-15-13(6-4-7-14(15)17(23)24)16(22)21-9-3-2-5-12(21)11-20-10-8-18-19-20/h4,6-8,10,12H,2-3,5,9,11H2,1H3,(H,23,24). The number of aromatic nitrogens is 3. The van der Waals surface area contributed by atoms with Gasteiger partial charge in [0.05, 0.1) is 31.5 Å². The van der Waals surface area contributed by atoms with Crippen molar-refractivity contribution in [2.45, 2.75) is 31.8 Å². The second-order valence-electron chi connectivity index (χ2n) is 5.96. The van der Waals surface area contributed by atoms with E-state index in [0.717, 1.165) is 19.3 Å². The number of piperidine rings is 1. The zero-order valence-electron chi connectivity index (χ0n) is 14.0. The topological polar surface area (TPSA) is 97.6 Å². The lowest BCUT2D eigenvalue weighted by molar-refractivity contribution is 0.0579. The van der Waals surface area contributed by atoms with Crippen molar-refractivity contribution in [1.82, 2.24) is 19.9 Å². The molecule has 1 unspecified atom stereocenters. The molecule has 1 fully saturated rings. The Morgan fingerprint density at radius 2 is 2.12 bits per heavy atom. The highest BCUT2D eigenvalue weighted by molar-refractivity contribution is 6.02.